The van der Waals surface area contributed by atoms with Crippen LogP contribution in [0.5, 0.6) is 5.75 Å². The zero-order valence-corrected chi connectivity index (χ0v) is 15.9. The highest BCUT2D eigenvalue weighted by atomic mass is 16.5. The number of hydrogen-bond acceptors (Lipinski definition) is 6. The molecule has 0 radical (unpaired) electrons. The standard InChI is InChI=1S/C22H22N4O3/c27-20(19-12-23-8-9-24-19)17-7-3-4-13-10-14(29-21(13)17)11-18-15-5-1-2-6-16(15)22(28)26-25-18/h1-7,14,19,23-24H,8-12H2,(H,26,28). The lowest BCUT2D eigenvalue weighted by molar-refractivity contribution is 0.0929. The number of rotatable bonds is 4. The van der Waals surface area contributed by atoms with Gasteiger partial charge in [0.1, 0.15) is 11.9 Å². The minimum atomic E-state index is -0.234. The molecule has 3 aromatic rings. The maximum Gasteiger partial charge on any atom is 0.272 e. The molecule has 0 spiro atoms. The molecule has 2 aromatic carbocycles. The van der Waals surface area contributed by atoms with Crippen molar-refractivity contribution in [3.63, 3.8) is 0 Å². The van der Waals surface area contributed by atoms with Crippen LogP contribution in [0.15, 0.2) is 47.3 Å². The molecule has 148 valence electrons. The fourth-order valence-corrected chi connectivity index (χ4v) is 4.22. The predicted octanol–water partition coefficient (Wildman–Crippen LogP) is 1.21. The van der Waals surface area contributed by atoms with Gasteiger partial charge in [-0.25, -0.2) is 5.10 Å². The molecule has 0 bridgehead atoms. The first-order valence-electron chi connectivity index (χ1n) is 9.94. The largest absolute Gasteiger partial charge is 0.489 e. The number of carbonyl (C=O) groups is 1. The minimum Gasteiger partial charge on any atom is -0.489 e. The van der Waals surface area contributed by atoms with Crippen LogP contribution in [0.4, 0.5) is 0 Å². The topological polar surface area (TPSA) is 96.1 Å². The summed E-state index contributed by atoms with van der Waals surface area (Å²) in [5, 5.41) is 14.8. The van der Waals surface area contributed by atoms with Gasteiger partial charge in [0.25, 0.3) is 5.56 Å². The van der Waals surface area contributed by atoms with Crippen LogP contribution in [-0.4, -0.2) is 47.8 Å². The quantitative estimate of drug-likeness (QED) is 0.580. The third kappa shape index (κ3) is 3.32. The number of aromatic amines is 1. The maximum absolute atomic E-state index is 13.0. The number of aromatic nitrogens is 2. The Bertz CT molecular complexity index is 1130. The molecule has 1 fully saturated rings. The average molecular weight is 390 g/mol. The Hall–Kier alpha value is -3.03. The van der Waals surface area contributed by atoms with Gasteiger partial charge < -0.3 is 15.4 Å². The van der Waals surface area contributed by atoms with Crippen LogP contribution in [0.25, 0.3) is 10.8 Å². The Kier molecular flexibility index (Phi) is 4.61. The molecule has 0 aliphatic carbocycles. The lowest BCUT2D eigenvalue weighted by Gasteiger charge is -2.24. The van der Waals surface area contributed by atoms with Crippen molar-refractivity contribution in [2.75, 3.05) is 19.6 Å². The van der Waals surface area contributed by atoms with Gasteiger partial charge in [0.2, 0.25) is 0 Å². The second kappa shape index (κ2) is 7.42. The van der Waals surface area contributed by atoms with E-state index in [0.29, 0.717) is 36.1 Å². The summed E-state index contributed by atoms with van der Waals surface area (Å²) in [6.45, 7) is 2.27. The number of carbonyl (C=O) groups excluding carboxylic acids is 1. The lowest BCUT2D eigenvalue weighted by atomic mass is 9.98. The monoisotopic (exact) mass is 390 g/mol. The van der Waals surface area contributed by atoms with Gasteiger partial charge in [-0.3, -0.25) is 9.59 Å². The molecule has 0 saturated carbocycles. The van der Waals surface area contributed by atoms with Gasteiger partial charge in [0.05, 0.1) is 22.7 Å². The van der Waals surface area contributed by atoms with E-state index < -0.39 is 0 Å². The third-order valence-electron chi connectivity index (χ3n) is 5.65. The number of hydrogen-bond donors (Lipinski definition) is 3. The molecular formula is C22H22N4O3. The molecule has 2 unspecified atom stereocenters. The van der Waals surface area contributed by atoms with Gasteiger partial charge >= 0.3 is 0 Å². The van der Waals surface area contributed by atoms with E-state index in [1.807, 2.05) is 36.4 Å². The molecule has 1 saturated heterocycles. The number of nitrogens with zero attached hydrogens (tertiary/aromatic N) is 1. The van der Waals surface area contributed by atoms with Crippen molar-refractivity contribution in [2.45, 2.75) is 25.0 Å². The number of nitrogens with one attached hydrogen (secondary N) is 3. The minimum absolute atomic E-state index is 0.0577. The van der Waals surface area contributed by atoms with E-state index in [2.05, 4.69) is 20.8 Å². The Morgan fingerprint density at radius 1 is 1.10 bits per heavy atom. The zero-order chi connectivity index (χ0) is 19.8. The Morgan fingerprint density at radius 2 is 1.97 bits per heavy atom. The number of piperazine rings is 1. The van der Waals surface area contributed by atoms with Crippen molar-refractivity contribution in [3.8, 4) is 5.75 Å². The Labute approximate surface area is 167 Å². The second-order valence-corrected chi connectivity index (χ2v) is 7.56. The van der Waals surface area contributed by atoms with Gasteiger partial charge in [-0.15, -0.1) is 0 Å². The van der Waals surface area contributed by atoms with Crippen LogP contribution < -0.4 is 20.9 Å². The number of H-pyrrole nitrogens is 1. The van der Waals surface area contributed by atoms with Crippen molar-refractivity contribution < 1.29 is 9.53 Å². The van der Waals surface area contributed by atoms with Gasteiger partial charge in [0, 0.05) is 37.9 Å². The molecule has 1 aromatic heterocycles. The molecule has 29 heavy (non-hydrogen) atoms. The highest BCUT2D eigenvalue weighted by Gasteiger charge is 2.31. The molecule has 7 heteroatoms. The van der Waals surface area contributed by atoms with Crippen LogP contribution in [-0.2, 0) is 12.8 Å². The van der Waals surface area contributed by atoms with Crippen LogP contribution in [0, 0.1) is 0 Å². The predicted molar refractivity (Wildman–Crippen MR) is 110 cm³/mol. The van der Waals surface area contributed by atoms with Crippen molar-refractivity contribution in [3.05, 3.63) is 69.6 Å². The molecule has 3 heterocycles. The van der Waals surface area contributed by atoms with Crippen LogP contribution in [0.2, 0.25) is 0 Å². The summed E-state index contributed by atoms with van der Waals surface area (Å²) in [6.07, 6.45) is 1.14. The second-order valence-electron chi connectivity index (χ2n) is 7.56. The maximum atomic E-state index is 13.0. The lowest BCUT2D eigenvalue weighted by Crippen LogP contribution is -2.52. The SMILES string of the molecule is O=C(c1cccc2c1OC(Cc1n[nH]c(=O)c3ccccc13)C2)C1CNCCN1. The van der Waals surface area contributed by atoms with E-state index in [4.69, 9.17) is 4.74 Å². The van der Waals surface area contributed by atoms with Crippen molar-refractivity contribution in [1.82, 2.24) is 20.8 Å². The van der Waals surface area contributed by atoms with Crippen LogP contribution in [0.3, 0.4) is 0 Å². The molecule has 2 aliphatic heterocycles. The summed E-state index contributed by atoms with van der Waals surface area (Å²) in [7, 11) is 0. The van der Waals surface area contributed by atoms with Gasteiger partial charge in [-0.2, -0.15) is 5.10 Å². The molecule has 0 amide bonds. The van der Waals surface area contributed by atoms with E-state index in [1.165, 1.54) is 0 Å². The number of ether oxygens (including phenoxy) is 1. The number of Topliss-reactive ketones (excluding diaryl/α,β-unsaturated/α-hetero) is 1. The highest BCUT2D eigenvalue weighted by Crippen LogP contribution is 2.34. The van der Waals surface area contributed by atoms with Gasteiger partial charge in [-0.1, -0.05) is 30.3 Å². The average Bonchev–Trinajstić information content (AvgIpc) is 3.19. The fraction of sp³-hybridized carbons (Fsp3) is 0.318. The highest BCUT2D eigenvalue weighted by molar-refractivity contribution is 6.03. The van der Waals surface area contributed by atoms with Crippen LogP contribution >= 0.6 is 0 Å². The van der Waals surface area contributed by atoms with Gasteiger partial charge in [-0.05, 0) is 17.7 Å². The zero-order valence-electron chi connectivity index (χ0n) is 15.9. The molecule has 2 atom stereocenters. The number of benzene rings is 2. The van der Waals surface area contributed by atoms with E-state index in [1.54, 1.807) is 6.07 Å². The summed E-state index contributed by atoms with van der Waals surface area (Å²) < 4.78 is 6.23. The van der Waals surface area contributed by atoms with E-state index in [0.717, 1.165) is 29.7 Å². The number of ketones is 1. The summed E-state index contributed by atoms with van der Waals surface area (Å²) in [4.78, 5) is 25.0. The normalized spacial score (nSPS) is 21.0. The smallest absolute Gasteiger partial charge is 0.272 e. The summed E-state index contributed by atoms with van der Waals surface area (Å²) >= 11 is 0. The Morgan fingerprint density at radius 3 is 2.79 bits per heavy atom. The van der Waals surface area contributed by atoms with Gasteiger partial charge in [0.15, 0.2) is 5.78 Å². The summed E-state index contributed by atoms with van der Waals surface area (Å²) in [5.41, 5.74) is 2.27. The van der Waals surface area contributed by atoms with Crippen LogP contribution in [0.1, 0.15) is 21.6 Å². The third-order valence-corrected chi connectivity index (χ3v) is 5.65. The molecule has 7 nitrogen and oxygen atoms in total. The van der Waals surface area contributed by atoms with Crippen molar-refractivity contribution in [2.24, 2.45) is 0 Å². The fourth-order valence-electron chi connectivity index (χ4n) is 4.22. The van der Waals surface area contributed by atoms with E-state index in [9.17, 15) is 9.59 Å². The Balaban J connectivity index is 1.40. The molecule has 2 aliphatic rings. The number of para-hydroxylation sites is 1. The van der Waals surface area contributed by atoms with E-state index in [-0.39, 0.29) is 23.5 Å². The summed E-state index contributed by atoms with van der Waals surface area (Å²) in [5.74, 6) is 0.742. The van der Waals surface area contributed by atoms with E-state index >= 15 is 0 Å². The number of fused-ring (bicyclic) bond motifs is 2. The summed E-state index contributed by atoms with van der Waals surface area (Å²) in [6, 6.07) is 13.0. The van der Waals surface area contributed by atoms with Crippen molar-refractivity contribution >= 4 is 16.6 Å². The van der Waals surface area contributed by atoms with Crippen molar-refractivity contribution in [1.29, 1.82) is 0 Å². The molecular weight excluding hydrogens is 368 g/mol. The first-order chi connectivity index (χ1) is 14.2. The first-order valence-corrected chi connectivity index (χ1v) is 9.94. The molecule has 5 rings (SSSR count). The molecule has 3 N–H and O–H groups in total. The first kappa shape index (κ1) is 18.0.